The van der Waals surface area contributed by atoms with Gasteiger partial charge in [0, 0.05) is 29.7 Å². The van der Waals surface area contributed by atoms with Gasteiger partial charge in [-0.1, -0.05) is 0 Å². The van der Waals surface area contributed by atoms with Crippen molar-refractivity contribution in [3.8, 4) is 0 Å². The lowest BCUT2D eigenvalue weighted by Crippen LogP contribution is -2.46. The molecule has 1 aliphatic heterocycles. The Balaban J connectivity index is 1.88. The number of hydrogen-bond donors (Lipinski definition) is 1. The van der Waals surface area contributed by atoms with E-state index in [9.17, 15) is 9.59 Å². The molecule has 128 valence electrons. The number of methoxy groups -OCH3 is 1. The molecule has 0 spiro atoms. The van der Waals surface area contributed by atoms with Crippen molar-refractivity contribution in [3.63, 3.8) is 0 Å². The molecule has 1 atom stereocenters. The number of carbonyl (C=O) groups is 2. The first-order valence-corrected chi connectivity index (χ1v) is 7.95. The van der Waals surface area contributed by atoms with E-state index in [0.717, 1.165) is 16.6 Å². The molecular formula is C18H22N2O4. The molecule has 3 rings (SSSR count). The Hall–Kier alpha value is -2.34. The maximum Gasteiger partial charge on any atom is 0.337 e. The highest BCUT2D eigenvalue weighted by atomic mass is 16.6. The van der Waals surface area contributed by atoms with Crippen molar-refractivity contribution in [2.24, 2.45) is 0 Å². The first kappa shape index (κ1) is 16.5. The van der Waals surface area contributed by atoms with Gasteiger partial charge in [0.1, 0.15) is 11.6 Å². The number of benzene rings is 1. The van der Waals surface area contributed by atoms with Gasteiger partial charge in [-0.15, -0.1) is 0 Å². The second-order valence-corrected chi connectivity index (χ2v) is 6.98. The van der Waals surface area contributed by atoms with Crippen LogP contribution in [0.15, 0.2) is 24.3 Å². The summed E-state index contributed by atoms with van der Waals surface area (Å²) in [4.78, 5) is 24.0. The van der Waals surface area contributed by atoms with Gasteiger partial charge >= 0.3 is 11.9 Å². The van der Waals surface area contributed by atoms with E-state index >= 15 is 0 Å². The number of aromatic nitrogens is 1. The molecule has 2 aromatic rings. The standard InChI is InChI=1S/C18H22N2O4/c1-18(2,3)24-17(22)14-10-20-13(9-19-14)8-12-7-11(16(21)23-4)5-6-15(12)20/h5-8,14,19H,9-10H2,1-4H3. The van der Waals surface area contributed by atoms with Crippen LogP contribution >= 0.6 is 0 Å². The summed E-state index contributed by atoms with van der Waals surface area (Å²) in [5, 5.41) is 4.18. The Morgan fingerprint density at radius 2 is 2.00 bits per heavy atom. The lowest BCUT2D eigenvalue weighted by Gasteiger charge is -2.28. The van der Waals surface area contributed by atoms with Gasteiger partial charge in [-0.05, 0) is 45.0 Å². The predicted octanol–water partition coefficient (Wildman–Crippen LogP) is 2.24. The second-order valence-electron chi connectivity index (χ2n) is 6.98. The summed E-state index contributed by atoms with van der Waals surface area (Å²) in [5.74, 6) is -0.605. The zero-order valence-corrected chi connectivity index (χ0v) is 14.4. The highest BCUT2D eigenvalue weighted by Gasteiger charge is 2.29. The van der Waals surface area contributed by atoms with E-state index in [0.29, 0.717) is 18.7 Å². The zero-order chi connectivity index (χ0) is 17.5. The third kappa shape index (κ3) is 3.14. The van der Waals surface area contributed by atoms with Gasteiger partial charge in [0.15, 0.2) is 0 Å². The SMILES string of the molecule is COC(=O)c1ccc2c(c1)cc1n2CC(C(=O)OC(C)(C)C)NC1. The molecule has 24 heavy (non-hydrogen) atoms. The van der Waals surface area contributed by atoms with E-state index < -0.39 is 5.60 Å². The maximum absolute atomic E-state index is 12.3. The van der Waals surface area contributed by atoms with Crippen molar-refractivity contribution in [1.82, 2.24) is 9.88 Å². The van der Waals surface area contributed by atoms with Crippen LogP contribution in [0.25, 0.3) is 10.9 Å². The van der Waals surface area contributed by atoms with Gasteiger partial charge in [0.2, 0.25) is 0 Å². The van der Waals surface area contributed by atoms with Crippen LogP contribution in [0, 0.1) is 0 Å². The van der Waals surface area contributed by atoms with Crippen LogP contribution in [0.5, 0.6) is 0 Å². The molecule has 0 saturated heterocycles. The van der Waals surface area contributed by atoms with Gasteiger partial charge in [0.05, 0.1) is 12.7 Å². The van der Waals surface area contributed by atoms with Gasteiger partial charge in [0.25, 0.3) is 0 Å². The quantitative estimate of drug-likeness (QED) is 0.855. The van der Waals surface area contributed by atoms with Crippen molar-refractivity contribution in [2.75, 3.05) is 7.11 Å². The van der Waals surface area contributed by atoms with Crippen molar-refractivity contribution >= 4 is 22.8 Å². The van der Waals surface area contributed by atoms with E-state index in [1.54, 1.807) is 6.07 Å². The molecule has 0 bridgehead atoms. The Kier molecular flexibility index (Phi) is 4.09. The largest absolute Gasteiger partial charge is 0.465 e. The number of fused-ring (bicyclic) bond motifs is 3. The van der Waals surface area contributed by atoms with Crippen LogP contribution in [0.3, 0.4) is 0 Å². The molecule has 0 aliphatic carbocycles. The molecule has 0 radical (unpaired) electrons. The summed E-state index contributed by atoms with van der Waals surface area (Å²) in [5.41, 5.74) is 2.08. The van der Waals surface area contributed by atoms with E-state index in [4.69, 9.17) is 9.47 Å². The number of hydrogen-bond acceptors (Lipinski definition) is 5. The third-order valence-electron chi connectivity index (χ3n) is 3.99. The van der Waals surface area contributed by atoms with E-state index in [1.165, 1.54) is 7.11 Å². The van der Waals surface area contributed by atoms with Gasteiger partial charge in [-0.25, -0.2) is 4.79 Å². The molecule has 1 N–H and O–H groups in total. The molecule has 1 aliphatic rings. The molecule has 0 saturated carbocycles. The van der Waals surface area contributed by atoms with Gasteiger partial charge in [-0.2, -0.15) is 0 Å². The number of nitrogens with zero attached hydrogens (tertiary/aromatic N) is 1. The molecule has 2 heterocycles. The summed E-state index contributed by atoms with van der Waals surface area (Å²) in [6.45, 7) is 6.66. The predicted molar refractivity (Wildman–Crippen MR) is 89.8 cm³/mol. The number of nitrogens with one attached hydrogen (secondary N) is 1. The minimum atomic E-state index is -0.507. The highest BCUT2D eigenvalue weighted by molar-refractivity contribution is 5.95. The van der Waals surface area contributed by atoms with Crippen LogP contribution in [0.1, 0.15) is 36.8 Å². The van der Waals surface area contributed by atoms with Crippen LogP contribution in [-0.4, -0.2) is 35.3 Å². The van der Waals surface area contributed by atoms with Crippen LogP contribution in [0.4, 0.5) is 0 Å². The maximum atomic E-state index is 12.3. The molecule has 1 aromatic heterocycles. The molecular weight excluding hydrogens is 308 g/mol. The number of ether oxygens (including phenoxy) is 2. The van der Waals surface area contributed by atoms with Crippen LogP contribution < -0.4 is 5.32 Å². The summed E-state index contributed by atoms with van der Waals surface area (Å²) in [7, 11) is 1.37. The molecule has 6 nitrogen and oxygen atoms in total. The first-order chi connectivity index (χ1) is 11.3. The number of rotatable bonds is 2. The highest BCUT2D eigenvalue weighted by Crippen LogP contribution is 2.25. The third-order valence-corrected chi connectivity index (χ3v) is 3.99. The Morgan fingerprint density at radius 1 is 1.25 bits per heavy atom. The van der Waals surface area contributed by atoms with Crippen molar-refractivity contribution in [1.29, 1.82) is 0 Å². The molecule has 0 amide bonds. The minimum absolute atomic E-state index is 0.249. The van der Waals surface area contributed by atoms with Gasteiger partial charge in [-0.3, -0.25) is 10.1 Å². The zero-order valence-electron chi connectivity index (χ0n) is 14.4. The second kappa shape index (κ2) is 5.94. The van der Waals surface area contributed by atoms with Crippen LogP contribution in [-0.2, 0) is 27.4 Å². The monoisotopic (exact) mass is 330 g/mol. The summed E-state index contributed by atoms with van der Waals surface area (Å²) < 4.78 is 12.3. The van der Waals surface area contributed by atoms with Crippen LogP contribution in [0.2, 0.25) is 0 Å². The lowest BCUT2D eigenvalue weighted by atomic mass is 10.1. The molecule has 1 unspecified atom stereocenters. The lowest BCUT2D eigenvalue weighted by molar-refractivity contribution is -0.158. The molecule has 6 heteroatoms. The smallest absolute Gasteiger partial charge is 0.337 e. The Morgan fingerprint density at radius 3 is 2.67 bits per heavy atom. The topological polar surface area (TPSA) is 69.6 Å². The average molecular weight is 330 g/mol. The van der Waals surface area contributed by atoms with E-state index in [-0.39, 0.29) is 18.0 Å². The number of esters is 2. The fourth-order valence-corrected chi connectivity index (χ4v) is 2.94. The Bertz CT molecular complexity index is 801. The number of carbonyl (C=O) groups excluding carboxylic acids is 2. The first-order valence-electron chi connectivity index (χ1n) is 7.95. The fourth-order valence-electron chi connectivity index (χ4n) is 2.94. The van der Waals surface area contributed by atoms with Crippen molar-refractivity contribution in [3.05, 3.63) is 35.5 Å². The van der Waals surface area contributed by atoms with Crippen molar-refractivity contribution < 1.29 is 19.1 Å². The summed E-state index contributed by atoms with van der Waals surface area (Å²) in [6.07, 6.45) is 0. The summed E-state index contributed by atoms with van der Waals surface area (Å²) in [6, 6.07) is 7.09. The fraction of sp³-hybridized carbons (Fsp3) is 0.444. The molecule has 0 fully saturated rings. The van der Waals surface area contributed by atoms with Crippen molar-refractivity contribution in [2.45, 2.75) is 45.5 Å². The van der Waals surface area contributed by atoms with E-state index in [2.05, 4.69) is 9.88 Å². The summed E-state index contributed by atoms with van der Waals surface area (Å²) >= 11 is 0. The van der Waals surface area contributed by atoms with E-state index in [1.807, 2.05) is 39.0 Å². The minimum Gasteiger partial charge on any atom is -0.465 e. The Labute approximate surface area is 140 Å². The average Bonchev–Trinajstić information content (AvgIpc) is 2.89. The molecule has 1 aromatic carbocycles. The normalized spacial score (nSPS) is 17.4. The van der Waals surface area contributed by atoms with Gasteiger partial charge < -0.3 is 14.0 Å².